The first-order valence-electron chi connectivity index (χ1n) is 8.66. The monoisotopic (exact) mass is 374 g/mol. The maximum Gasteiger partial charge on any atom is 0.326 e. The summed E-state index contributed by atoms with van der Waals surface area (Å²) in [4.78, 5) is 23.6. The maximum absolute atomic E-state index is 13.2. The standard InChI is InChI=1S/C20H23FN2O4/c21-15-5-1-3-13(11-15)4-2-6-18(20(26)27)23-19(25)17(22)12-14-7-9-16(24)10-8-14/h1,3,5,7-11,17-18,24H,2,4,6,12,22H2,(H,23,25)(H,26,27)/t17-,18?/m0/s1. The summed E-state index contributed by atoms with van der Waals surface area (Å²) >= 11 is 0. The van der Waals surface area contributed by atoms with Crippen LogP contribution in [0, 0.1) is 5.82 Å². The highest BCUT2D eigenvalue weighted by Gasteiger charge is 2.23. The summed E-state index contributed by atoms with van der Waals surface area (Å²) < 4.78 is 13.2. The molecule has 0 heterocycles. The predicted octanol–water partition coefficient (Wildman–Crippen LogP) is 1.99. The number of aliphatic carboxylic acids is 1. The third-order valence-corrected chi connectivity index (χ3v) is 4.19. The lowest BCUT2D eigenvalue weighted by atomic mass is 10.0. The van der Waals surface area contributed by atoms with Gasteiger partial charge >= 0.3 is 5.97 Å². The minimum atomic E-state index is -1.14. The number of phenolic OH excluding ortho intramolecular Hbond substituents is 1. The van der Waals surface area contributed by atoms with Crippen molar-refractivity contribution < 1.29 is 24.2 Å². The summed E-state index contributed by atoms with van der Waals surface area (Å²) in [5, 5.41) is 21.0. The van der Waals surface area contributed by atoms with Crippen molar-refractivity contribution in [1.29, 1.82) is 0 Å². The van der Waals surface area contributed by atoms with Crippen LogP contribution in [0.3, 0.4) is 0 Å². The van der Waals surface area contributed by atoms with E-state index in [1.165, 1.54) is 24.3 Å². The molecule has 0 radical (unpaired) electrons. The van der Waals surface area contributed by atoms with Crippen LogP contribution in [-0.2, 0) is 22.4 Å². The second-order valence-electron chi connectivity index (χ2n) is 6.40. The molecule has 144 valence electrons. The molecule has 0 spiro atoms. The quantitative estimate of drug-likeness (QED) is 0.536. The lowest BCUT2D eigenvalue weighted by Gasteiger charge is -2.18. The number of rotatable bonds is 9. The van der Waals surface area contributed by atoms with Gasteiger partial charge in [0, 0.05) is 0 Å². The zero-order valence-corrected chi connectivity index (χ0v) is 14.8. The third-order valence-electron chi connectivity index (χ3n) is 4.19. The van der Waals surface area contributed by atoms with E-state index in [1.807, 2.05) is 0 Å². The minimum Gasteiger partial charge on any atom is -0.508 e. The Morgan fingerprint density at radius 1 is 1.11 bits per heavy atom. The van der Waals surface area contributed by atoms with Crippen LogP contribution in [0.25, 0.3) is 0 Å². The Morgan fingerprint density at radius 2 is 1.81 bits per heavy atom. The number of aryl methyl sites for hydroxylation is 1. The molecule has 0 saturated carbocycles. The molecular formula is C20H23FN2O4. The number of aromatic hydroxyl groups is 1. The molecular weight excluding hydrogens is 351 g/mol. The van der Waals surface area contributed by atoms with Gasteiger partial charge in [0.05, 0.1) is 6.04 Å². The number of amides is 1. The van der Waals surface area contributed by atoms with E-state index in [1.54, 1.807) is 24.3 Å². The highest BCUT2D eigenvalue weighted by atomic mass is 19.1. The fourth-order valence-electron chi connectivity index (χ4n) is 2.72. The van der Waals surface area contributed by atoms with Gasteiger partial charge in [-0.3, -0.25) is 4.79 Å². The van der Waals surface area contributed by atoms with Crippen LogP contribution in [0.1, 0.15) is 24.0 Å². The summed E-state index contributed by atoms with van der Waals surface area (Å²) in [5.74, 6) is -1.92. The second-order valence-corrected chi connectivity index (χ2v) is 6.40. The van der Waals surface area contributed by atoms with Crippen LogP contribution >= 0.6 is 0 Å². The lowest BCUT2D eigenvalue weighted by Crippen LogP contribution is -2.49. The Kier molecular flexibility index (Phi) is 7.31. The van der Waals surface area contributed by atoms with E-state index in [0.29, 0.717) is 12.8 Å². The van der Waals surface area contributed by atoms with E-state index >= 15 is 0 Å². The molecule has 2 atom stereocenters. The number of nitrogens with two attached hydrogens (primary N) is 1. The fourth-order valence-corrected chi connectivity index (χ4v) is 2.72. The number of halogens is 1. The van der Waals surface area contributed by atoms with E-state index in [4.69, 9.17) is 5.73 Å². The number of phenols is 1. The molecule has 0 bridgehead atoms. The SMILES string of the molecule is N[C@@H](Cc1ccc(O)cc1)C(=O)NC(CCCc1cccc(F)c1)C(=O)O. The molecule has 1 unspecified atom stereocenters. The first-order chi connectivity index (χ1) is 12.8. The highest BCUT2D eigenvalue weighted by Crippen LogP contribution is 2.12. The summed E-state index contributed by atoms with van der Waals surface area (Å²) in [5.41, 5.74) is 7.39. The molecule has 0 aliphatic rings. The predicted molar refractivity (Wildman–Crippen MR) is 98.7 cm³/mol. The largest absolute Gasteiger partial charge is 0.508 e. The van der Waals surface area contributed by atoms with Gasteiger partial charge in [-0.15, -0.1) is 0 Å². The minimum absolute atomic E-state index is 0.112. The fraction of sp³-hybridized carbons (Fsp3) is 0.300. The summed E-state index contributed by atoms with van der Waals surface area (Å²) in [7, 11) is 0. The Labute approximate surface area is 156 Å². The van der Waals surface area contributed by atoms with Crippen molar-refractivity contribution in [1.82, 2.24) is 5.32 Å². The number of carboxylic acids is 1. The Hall–Kier alpha value is -2.93. The van der Waals surface area contributed by atoms with Gasteiger partial charge in [0.15, 0.2) is 0 Å². The van der Waals surface area contributed by atoms with Gasteiger partial charge in [-0.05, 0) is 61.1 Å². The van der Waals surface area contributed by atoms with Crippen LogP contribution < -0.4 is 11.1 Å². The Balaban J connectivity index is 1.85. The smallest absolute Gasteiger partial charge is 0.326 e. The van der Waals surface area contributed by atoms with Gasteiger partial charge in [0.25, 0.3) is 0 Å². The molecule has 0 aliphatic heterocycles. The molecule has 6 nitrogen and oxygen atoms in total. The van der Waals surface area contributed by atoms with Crippen molar-refractivity contribution in [3.05, 3.63) is 65.5 Å². The average molecular weight is 374 g/mol. The molecule has 0 aromatic heterocycles. The zero-order valence-electron chi connectivity index (χ0n) is 14.8. The summed E-state index contributed by atoms with van der Waals surface area (Å²) in [6.07, 6.45) is 1.43. The Morgan fingerprint density at radius 3 is 2.44 bits per heavy atom. The number of hydrogen-bond acceptors (Lipinski definition) is 4. The van der Waals surface area contributed by atoms with E-state index in [2.05, 4.69) is 5.32 Å². The second kappa shape index (κ2) is 9.68. The van der Waals surface area contributed by atoms with Crippen molar-refractivity contribution in [2.75, 3.05) is 0 Å². The van der Waals surface area contributed by atoms with Crippen LogP contribution in [0.5, 0.6) is 5.75 Å². The molecule has 2 rings (SSSR count). The normalized spacial score (nSPS) is 13.0. The lowest BCUT2D eigenvalue weighted by molar-refractivity contribution is -0.142. The highest BCUT2D eigenvalue weighted by molar-refractivity contribution is 5.86. The Bertz CT molecular complexity index is 780. The number of nitrogens with one attached hydrogen (secondary N) is 1. The van der Waals surface area contributed by atoms with E-state index in [9.17, 15) is 24.2 Å². The number of hydrogen-bond donors (Lipinski definition) is 4. The topological polar surface area (TPSA) is 113 Å². The summed E-state index contributed by atoms with van der Waals surface area (Å²) in [6, 6.07) is 10.4. The molecule has 0 saturated heterocycles. The average Bonchev–Trinajstić information content (AvgIpc) is 2.62. The molecule has 0 aliphatic carbocycles. The third kappa shape index (κ3) is 6.71. The maximum atomic E-state index is 13.2. The van der Waals surface area contributed by atoms with E-state index < -0.39 is 24.0 Å². The van der Waals surface area contributed by atoms with E-state index in [0.717, 1.165) is 11.1 Å². The van der Waals surface area contributed by atoms with Crippen molar-refractivity contribution in [2.24, 2.45) is 5.73 Å². The van der Waals surface area contributed by atoms with Gasteiger partial charge in [0.2, 0.25) is 5.91 Å². The van der Waals surface area contributed by atoms with Crippen LogP contribution in [0.4, 0.5) is 4.39 Å². The van der Waals surface area contributed by atoms with Crippen molar-refractivity contribution in [2.45, 2.75) is 37.8 Å². The van der Waals surface area contributed by atoms with Crippen LogP contribution in [0.15, 0.2) is 48.5 Å². The number of carboxylic acid groups (broad SMARTS) is 1. The molecule has 5 N–H and O–H groups in total. The number of carbonyl (C=O) groups is 2. The molecule has 2 aromatic rings. The molecule has 1 amide bonds. The van der Waals surface area contributed by atoms with Crippen molar-refractivity contribution >= 4 is 11.9 Å². The first-order valence-corrected chi connectivity index (χ1v) is 8.66. The molecule has 0 fully saturated rings. The van der Waals surface area contributed by atoms with E-state index in [-0.39, 0.29) is 24.4 Å². The number of carbonyl (C=O) groups excluding carboxylic acids is 1. The molecule has 2 aromatic carbocycles. The van der Waals surface area contributed by atoms with Gasteiger partial charge in [-0.1, -0.05) is 24.3 Å². The van der Waals surface area contributed by atoms with Gasteiger partial charge in [0.1, 0.15) is 17.6 Å². The van der Waals surface area contributed by atoms with Crippen LogP contribution in [0.2, 0.25) is 0 Å². The first kappa shape index (κ1) is 20.4. The van der Waals surface area contributed by atoms with Crippen molar-refractivity contribution in [3.8, 4) is 5.75 Å². The van der Waals surface area contributed by atoms with Gasteiger partial charge in [-0.25, -0.2) is 9.18 Å². The zero-order chi connectivity index (χ0) is 19.8. The number of benzene rings is 2. The molecule has 7 heteroatoms. The van der Waals surface area contributed by atoms with Crippen molar-refractivity contribution in [3.63, 3.8) is 0 Å². The van der Waals surface area contributed by atoms with Gasteiger partial charge < -0.3 is 21.3 Å². The molecule has 27 heavy (non-hydrogen) atoms. The van der Waals surface area contributed by atoms with Gasteiger partial charge in [-0.2, -0.15) is 0 Å². The summed E-state index contributed by atoms with van der Waals surface area (Å²) in [6.45, 7) is 0. The van der Waals surface area contributed by atoms with Crippen LogP contribution in [-0.4, -0.2) is 34.2 Å².